The molecule has 1 aliphatic heterocycles. The summed E-state index contributed by atoms with van der Waals surface area (Å²) in [6.45, 7) is 7.64. The number of nitrogens with zero attached hydrogens (tertiary/aromatic N) is 5. The lowest BCUT2D eigenvalue weighted by atomic mass is 9.99. The predicted octanol–water partition coefficient (Wildman–Crippen LogP) is 5.53. The first-order valence-electron chi connectivity index (χ1n) is 12.5. The number of hydrogen-bond donors (Lipinski definition) is 1. The van der Waals surface area contributed by atoms with Crippen molar-refractivity contribution in [3.05, 3.63) is 82.4 Å². The molecule has 0 bridgehead atoms. The minimum absolute atomic E-state index is 0.293. The maximum absolute atomic E-state index is 13.4. The zero-order valence-corrected chi connectivity index (χ0v) is 23.9. The number of halogens is 2. The van der Waals surface area contributed by atoms with Crippen molar-refractivity contribution in [2.24, 2.45) is 0 Å². The first kappa shape index (κ1) is 27.6. The Morgan fingerprint density at radius 3 is 2.33 bits per heavy atom. The Bertz CT molecular complexity index is 1570. The van der Waals surface area contributed by atoms with Crippen LogP contribution < -0.4 is 14.8 Å². The van der Waals surface area contributed by atoms with Gasteiger partial charge in [-0.25, -0.2) is 4.98 Å². The maximum atomic E-state index is 13.4. The van der Waals surface area contributed by atoms with E-state index in [0.29, 0.717) is 55.1 Å². The van der Waals surface area contributed by atoms with Gasteiger partial charge in [-0.05, 0) is 24.7 Å². The highest BCUT2D eigenvalue weighted by Gasteiger charge is 2.23. The summed E-state index contributed by atoms with van der Waals surface area (Å²) >= 11 is 13.3. The average Bonchev–Trinajstić information content (AvgIpc) is 2.95. The molecule has 11 heteroatoms. The van der Waals surface area contributed by atoms with Gasteiger partial charge in [0.15, 0.2) is 0 Å². The summed E-state index contributed by atoms with van der Waals surface area (Å²) in [6, 6.07) is 8.75. The fourth-order valence-electron chi connectivity index (χ4n) is 4.69. The minimum Gasteiger partial charge on any atom is -0.495 e. The van der Waals surface area contributed by atoms with Crippen molar-refractivity contribution in [2.45, 2.75) is 6.54 Å². The summed E-state index contributed by atoms with van der Waals surface area (Å²) in [7, 11) is 5.10. The molecule has 4 aromatic rings. The third kappa shape index (κ3) is 5.40. The number of benzene rings is 2. The average molecular weight is 579 g/mol. The summed E-state index contributed by atoms with van der Waals surface area (Å²) in [5.74, 6) is 0.840. The van der Waals surface area contributed by atoms with Crippen LogP contribution >= 0.6 is 23.2 Å². The number of methoxy groups -OCH3 is 2. The monoisotopic (exact) mass is 578 g/mol. The fourth-order valence-corrected chi connectivity index (χ4v) is 5.40. The lowest BCUT2D eigenvalue weighted by Crippen LogP contribution is -2.41. The number of amides is 1. The lowest BCUT2D eigenvalue weighted by Gasteiger charge is -2.35. The topological polar surface area (TPSA) is 92.7 Å². The number of carbonyl (C=O) groups excluding carboxylic acids is 1. The van der Waals surface area contributed by atoms with E-state index in [1.54, 1.807) is 36.7 Å². The SMILES string of the molecule is C=C1CN(C)CCN1Cc1ccc(NC(=O)c2ccc(-c3c(Cl)c(OC)cc(OC)c3Cl)c3nccnc23)nc1. The quantitative estimate of drug-likeness (QED) is 0.306. The molecule has 9 nitrogen and oxygen atoms in total. The summed E-state index contributed by atoms with van der Waals surface area (Å²) in [5.41, 5.74) is 4.33. The van der Waals surface area contributed by atoms with Gasteiger partial charge in [0.2, 0.25) is 0 Å². The molecule has 1 N–H and O–H groups in total. The van der Waals surface area contributed by atoms with Gasteiger partial charge in [0.05, 0.1) is 35.3 Å². The van der Waals surface area contributed by atoms with E-state index in [1.807, 2.05) is 6.07 Å². The standard InChI is InChI=1S/C29H28Cl2N6O3/c1-17-15-36(2)11-12-37(17)16-18-5-8-23(34-14-18)35-29(38)20-7-6-19(27-28(20)33-10-9-32-27)24-25(30)21(39-3)13-22(40-4)26(24)31/h5-10,13-14H,1,11-12,15-16H2,2-4H3,(H,34,35,38). The number of aromatic nitrogens is 3. The predicted molar refractivity (Wildman–Crippen MR) is 157 cm³/mol. The van der Waals surface area contributed by atoms with Crippen LogP contribution in [0, 0.1) is 0 Å². The normalized spacial score (nSPS) is 13.9. The number of anilines is 1. The maximum Gasteiger partial charge on any atom is 0.259 e. The van der Waals surface area contributed by atoms with Crippen molar-refractivity contribution >= 4 is 46.0 Å². The van der Waals surface area contributed by atoms with Crippen LogP contribution in [0.1, 0.15) is 15.9 Å². The van der Waals surface area contributed by atoms with Crippen LogP contribution in [-0.2, 0) is 6.54 Å². The zero-order valence-electron chi connectivity index (χ0n) is 22.4. The van der Waals surface area contributed by atoms with Gasteiger partial charge >= 0.3 is 0 Å². The molecule has 1 saturated heterocycles. The molecule has 0 spiro atoms. The number of piperazine rings is 1. The first-order chi connectivity index (χ1) is 19.3. The van der Waals surface area contributed by atoms with Gasteiger partial charge in [0, 0.05) is 67.7 Å². The Hall–Kier alpha value is -3.92. The Morgan fingerprint density at radius 2 is 1.70 bits per heavy atom. The van der Waals surface area contributed by atoms with Crippen LogP contribution in [0.2, 0.25) is 10.0 Å². The second-order valence-corrected chi connectivity index (χ2v) is 10.2. The first-order valence-corrected chi connectivity index (χ1v) is 13.3. The van der Waals surface area contributed by atoms with E-state index in [1.165, 1.54) is 20.4 Å². The van der Waals surface area contributed by atoms with E-state index in [0.717, 1.165) is 37.4 Å². The Labute approximate surface area is 242 Å². The highest BCUT2D eigenvalue weighted by atomic mass is 35.5. The van der Waals surface area contributed by atoms with Crippen molar-refractivity contribution in [1.29, 1.82) is 0 Å². The third-order valence-corrected chi connectivity index (χ3v) is 7.55. The number of hydrogen-bond acceptors (Lipinski definition) is 8. The third-order valence-electron chi connectivity index (χ3n) is 6.80. The van der Waals surface area contributed by atoms with E-state index >= 15 is 0 Å². The van der Waals surface area contributed by atoms with Crippen LogP contribution in [0.15, 0.2) is 61.2 Å². The summed E-state index contributed by atoms with van der Waals surface area (Å²) < 4.78 is 10.8. The van der Waals surface area contributed by atoms with Crippen LogP contribution in [0.3, 0.4) is 0 Å². The number of fused-ring (bicyclic) bond motifs is 1. The van der Waals surface area contributed by atoms with Crippen molar-refractivity contribution in [2.75, 3.05) is 46.2 Å². The van der Waals surface area contributed by atoms with Crippen molar-refractivity contribution in [3.63, 3.8) is 0 Å². The molecule has 206 valence electrons. The number of carbonyl (C=O) groups is 1. The van der Waals surface area contributed by atoms with E-state index in [-0.39, 0.29) is 5.91 Å². The van der Waals surface area contributed by atoms with Crippen molar-refractivity contribution in [3.8, 4) is 22.6 Å². The number of likely N-dealkylation sites (N-methyl/N-ethyl adjacent to an activating group) is 1. The van der Waals surface area contributed by atoms with Gasteiger partial charge in [-0.15, -0.1) is 0 Å². The molecule has 0 radical (unpaired) electrons. The zero-order chi connectivity index (χ0) is 28.4. The summed E-state index contributed by atoms with van der Waals surface area (Å²) in [5, 5.41) is 3.45. The van der Waals surface area contributed by atoms with Crippen molar-refractivity contribution in [1.82, 2.24) is 24.8 Å². The van der Waals surface area contributed by atoms with Crippen LogP contribution in [0.4, 0.5) is 5.82 Å². The molecule has 3 heterocycles. The molecule has 2 aromatic carbocycles. The lowest BCUT2D eigenvalue weighted by molar-refractivity contribution is 0.102. The van der Waals surface area contributed by atoms with Gasteiger partial charge in [-0.1, -0.05) is 41.9 Å². The minimum atomic E-state index is -0.370. The van der Waals surface area contributed by atoms with E-state index in [2.05, 4.69) is 43.7 Å². The number of nitrogens with one attached hydrogen (secondary N) is 1. The molecular formula is C29H28Cl2N6O3. The molecule has 0 atom stereocenters. The van der Waals surface area contributed by atoms with Crippen LogP contribution in [0.5, 0.6) is 11.5 Å². The second kappa shape index (κ2) is 11.7. The van der Waals surface area contributed by atoms with Gasteiger partial charge in [0.1, 0.15) is 22.8 Å². The summed E-state index contributed by atoms with van der Waals surface area (Å²) in [6.07, 6.45) is 4.84. The number of pyridine rings is 1. The molecule has 1 amide bonds. The van der Waals surface area contributed by atoms with Gasteiger partial charge < -0.3 is 19.7 Å². The smallest absolute Gasteiger partial charge is 0.259 e. The number of ether oxygens (including phenoxy) is 2. The van der Waals surface area contributed by atoms with Gasteiger partial charge in [-0.2, -0.15) is 0 Å². The molecule has 1 aliphatic rings. The molecule has 1 fully saturated rings. The van der Waals surface area contributed by atoms with Crippen molar-refractivity contribution < 1.29 is 14.3 Å². The molecule has 0 aliphatic carbocycles. The Morgan fingerprint density at radius 1 is 1.00 bits per heavy atom. The highest BCUT2D eigenvalue weighted by Crippen LogP contribution is 2.47. The Balaban J connectivity index is 1.42. The molecule has 2 aromatic heterocycles. The molecular weight excluding hydrogens is 551 g/mol. The van der Waals surface area contributed by atoms with E-state index in [9.17, 15) is 4.79 Å². The highest BCUT2D eigenvalue weighted by molar-refractivity contribution is 6.41. The molecule has 5 rings (SSSR count). The molecule has 40 heavy (non-hydrogen) atoms. The van der Waals surface area contributed by atoms with Gasteiger partial charge in [-0.3, -0.25) is 19.7 Å². The van der Waals surface area contributed by atoms with Crippen LogP contribution in [-0.4, -0.2) is 71.6 Å². The fraction of sp³-hybridized carbons (Fsp3) is 0.241. The van der Waals surface area contributed by atoms with E-state index in [4.69, 9.17) is 32.7 Å². The van der Waals surface area contributed by atoms with E-state index < -0.39 is 0 Å². The summed E-state index contributed by atoms with van der Waals surface area (Å²) in [4.78, 5) is 31.3. The largest absolute Gasteiger partial charge is 0.495 e. The molecule has 0 unspecified atom stereocenters. The van der Waals surface area contributed by atoms with Gasteiger partial charge in [0.25, 0.3) is 5.91 Å². The molecule has 0 saturated carbocycles. The Kier molecular flexibility index (Phi) is 8.07. The number of rotatable bonds is 7. The van der Waals surface area contributed by atoms with Crippen LogP contribution in [0.25, 0.3) is 22.2 Å². The second-order valence-electron chi connectivity index (χ2n) is 9.43.